The van der Waals surface area contributed by atoms with Gasteiger partial charge in [0, 0.05) is 24.5 Å². The number of halogens is 5. The quantitative estimate of drug-likeness (QED) is 0.579. The van der Waals surface area contributed by atoms with Crippen molar-refractivity contribution in [2.45, 2.75) is 6.18 Å². The van der Waals surface area contributed by atoms with Gasteiger partial charge in [0.2, 0.25) is 0 Å². The molecule has 70 valence electrons. The highest BCUT2D eigenvalue weighted by Crippen LogP contribution is 2.29. The Hall–Kier alpha value is -0.130. The van der Waals surface area contributed by atoms with E-state index < -0.39 is 11.7 Å². The van der Waals surface area contributed by atoms with Crippen molar-refractivity contribution in [3.8, 4) is 0 Å². The van der Waals surface area contributed by atoms with E-state index in [9.17, 15) is 13.2 Å². The van der Waals surface area contributed by atoms with Gasteiger partial charge in [0.1, 0.15) is 6.67 Å². The van der Waals surface area contributed by atoms with Crippen LogP contribution in [-0.4, -0.2) is 28.2 Å². The van der Waals surface area contributed by atoms with Crippen molar-refractivity contribution in [2.24, 2.45) is 0 Å². The second kappa shape index (κ2) is 3.32. The summed E-state index contributed by atoms with van der Waals surface area (Å²) in [6.45, 7) is -0.267. The van der Waals surface area contributed by atoms with Crippen LogP contribution in [0.4, 0.5) is 13.2 Å². The molecule has 7 heteroatoms. The van der Waals surface area contributed by atoms with Crippen LogP contribution < -0.4 is 0 Å². The predicted molar refractivity (Wildman–Crippen MR) is 39.3 cm³/mol. The van der Waals surface area contributed by atoms with Crippen molar-refractivity contribution in [1.29, 1.82) is 0 Å². The summed E-state index contributed by atoms with van der Waals surface area (Å²) in [6, 6.07) is 0. The Morgan fingerprint density at radius 3 is 2.33 bits per heavy atom. The van der Waals surface area contributed by atoms with Gasteiger partial charge in [-0.05, 0) is 11.8 Å². The van der Waals surface area contributed by atoms with Gasteiger partial charge in [-0.1, -0.05) is 0 Å². The third-order valence-electron chi connectivity index (χ3n) is 1.29. The number of alkyl halides is 3. The highest BCUT2D eigenvalue weighted by Gasteiger charge is 2.36. The Balaban J connectivity index is 2.77. The first-order valence-corrected chi connectivity index (χ1v) is 3.68. The van der Waals surface area contributed by atoms with Gasteiger partial charge < -0.3 is 0 Å². The van der Waals surface area contributed by atoms with Gasteiger partial charge in [0.05, 0.1) is 5.57 Å². The summed E-state index contributed by atoms with van der Waals surface area (Å²) < 4.78 is 38.0. The second-order valence-corrected chi connectivity index (χ2v) is 3.23. The molecule has 0 saturated heterocycles. The molecular weight excluding hydrogens is 216 g/mol. The minimum Gasteiger partial charge on any atom is -0.277 e. The fourth-order valence-corrected chi connectivity index (χ4v) is 1.34. The van der Waals surface area contributed by atoms with E-state index in [1.165, 1.54) is 0 Å². The van der Waals surface area contributed by atoms with E-state index in [1.54, 1.807) is 0 Å². The van der Waals surface area contributed by atoms with Gasteiger partial charge >= 0.3 is 6.18 Å². The lowest BCUT2D eigenvalue weighted by atomic mass is 10.2. The zero-order valence-corrected chi connectivity index (χ0v) is 7.29. The van der Waals surface area contributed by atoms with Crippen molar-refractivity contribution < 1.29 is 13.2 Å². The van der Waals surface area contributed by atoms with Crippen LogP contribution >= 0.6 is 23.6 Å². The van der Waals surface area contributed by atoms with Gasteiger partial charge in [-0.3, -0.25) is 4.42 Å². The largest absolute Gasteiger partial charge is 0.415 e. The van der Waals surface area contributed by atoms with Crippen LogP contribution in [-0.2, 0) is 0 Å². The SMILES string of the molecule is FC(F)(F)C1=CN(Cl)CN(Cl)C1. The molecule has 0 aromatic heterocycles. The van der Waals surface area contributed by atoms with E-state index in [0.29, 0.717) is 0 Å². The lowest BCUT2D eigenvalue weighted by Crippen LogP contribution is -2.34. The summed E-state index contributed by atoms with van der Waals surface area (Å²) in [7, 11) is 0. The monoisotopic (exact) mass is 220 g/mol. The summed E-state index contributed by atoms with van der Waals surface area (Å²) in [5.74, 6) is 0. The zero-order valence-electron chi connectivity index (χ0n) is 5.78. The lowest BCUT2D eigenvalue weighted by molar-refractivity contribution is -0.0969. The van der Waals surface area contributed by atoms with Crippen molar-refractivity contribution in [1.82, 2.24) is 8.84 Å². The molecule has 0 amide bonds. The third-order valence-corrected chi connectivity index (χ3v) is 1.72. The molecule has 1 rings (SSSR count). The van der Waals surface area contributed by atoms with Crippen LogP contribution in [0.5, 0.6) is 0 Å². The van der Waals surface area contributed by atoms with E-state index in [-0.39, 0.29) is 13.2 Å². The molecule has 0 spiro atoms. The molecule has 2 nitrogen and oxygen atoms in total. The van der Waals surface area contributed by atoms with Crippen molar-refractivity contribution in [3.63, 3.8) is 0 Å². The van der Waals surface area contributed by atoms with E-state index in [1.807, 2.05) is 0 Å². The van der Waals surface area contributed by atoms with Crippen molar-refractivity contribution in [3.05, 3.63) is 11.8 Å². The van der Waals surface area contributed by atoms with Crippen molar-refractivity contribution >= 4 is 23.6 Å². The number of hydrogen-bond acceptors (Lipinski definition) is 2. The van der Waals surface area contributed by atoms with E-state index in [4.69, 9.17) is 23.6 Å². The topological polar surface area (TPSA) is 6.48 Å². The first-order valence-electron chi connectivity index (χ1n) is 3.00. The van der Waals surface area contributed by atoms with Gasteiger partial charge in [-0.15, -0.1) is 0 Å². The standard InChI is InChI=1S/C5H5Cl2F3N2/c6-11-1-4(5(8,9)10)2-12(7)3-11/h1H,2-3H2. The average molecular weight is 221 g/mol. The highest BCUT2D eigenvalue weighted by atomic mass is 35.5. The Kier molecular flexibility index (Phi) is 2.75. The molecule has 12 heavy (non-hydrogen) atoms. The maximum absolute atomic E-state index is 12.0. The van der Waals surface area contributed by atoms with Crippen LogP contribution in [0.3, 0.4) is 0 Å². The normalized spacial score (nSPS) is 21.1. The molecular formula is C5H5Cl2F3N2. The summed E-state index contributed by atoms with van der Waals surface area (Å²) >= 11 is 10.7. The van der Waals surface area contributed by atoms with E-state index in [0.717, 1.165) is 15.0 Å². The van der Waals surface area contributed by atoms with Crippen LogP contribution in [0, 0.1) is 0 Å². The second-order valence-electron chi connectivity index (χ2n) is 2.31. The lowest BCUT2D eigenvalue weighted by Gasteiger charge is -2.27. The summed E-state index contributed by atoms with van der Waals surface area (Å²) in [5.41, 5.74) is -0.751. The average Bonchev–Trinajstić information content (AvgIpc) is 1.82. The molecule has 0 fully saturated rings. The Bertz CT molecular complexity index is 203. The molecule has 0 N–H and O–H groups in total. The molecule has 0 atom stereocenters. The fraction of sp³-hybridized carbons (Fsp3) is 0.600. The fourth-order valence-electron chi connectivity index (χ4n) is 0.795. The van der Waals surface area contributed by atoms with Gasteiger partial charge in [-0.25, -0.2) is 0 Å². The minimum absolute atomic E-state index is 0.0721. The molecule has 0 saturated carbocycles. The Morgan fingerprint density at radius 2 is 1.92 bits per heavy atom. The molecule has 0 aliphatic carbocycles. The third kappa shape index (κ3) is 2.43. The summed E-state index contributed by atoms with van der Waals surface area (Å²) in [5, 5.41) is 0. The maximum Gasteiger partial charge on any atom is 0.415 e. The highest BCUT2D eigenvalue weighted by molar-refractivity contribution is 6.16. The summed E-state index contributed by atoms with van der Waals surface area (Å²) in [4.78, 5) is 0. The Morgan fingerprint density at radius 1 is 1.33 bits per heavy atom. The number of hydrogen-bond donors (Lipinski definition) is 0. The number of rotatable bonds is 0. The van der Waals surface area contributed by atoms with Crippen LogP contribution in [0.2, 0.25) is 0 Å². The molecule has 0 unspecified atom stereocenters. The molecule has 0 bridgehead atoms. The molecule has 1 heterocycles. The van der Waals surface area contributed by atoms with Crippen LogP contribution in [0.1, 0.15) is 0 Å². The maximum atomic E-state index is 12.0. The number of nitrogens with zero attached hydrogens (tertiary/aromatic N) is 2. The van der Waals surface area contributed by atoms with Crippen LogP contribution in [0.15, 0.2) is 11.8 Å². The minimum atomic E-state index is -4.36. The molecule has 0 aromatic rings. The molecule has 0 aromatic carbocycles. The van der Waals surface area contributed by atoms with Gasteiger partial charge in [0.25, 0.3) is 0 Å². The molecule has 1 aliphatic heterocycles. The molecule has 1 aliphatic rings. The van der Waals surface area contributed by atoms with Crippen LogP contribution in [0.25, 0.3) is 0 Å². The van der Waals surface area contributed by atoms with Gasteiger partial charge in [-0.2, -0.15) is 17.6 Å². The first-order chi connectivity index (χ1) is 5.39. The summed E-state index contributed by atoms with van der Waals surface area (Å²) in [6.07, 6.45) is -3.53. The predicted octanol–water partition coefficient (Wildman–Crippen LogP) is 2.32. The molecule has 0 radical (unpaired) electrons. The van der Waals surface area contributed by atoms with Gasteiger partial charge in [0.15, 0.2) is 0 Å². The van der Waals surface area contributed by atoms with E-state index in [2.05, 4.69) is 0 Å². The Labute approximate surface area is 77.3 Å². The first kappa shape index (κ1) is 9.95. The zero-order chi connectivity index (χ0) is 9.35. The van der Waals surface area contributed by atoms with Crippen molar-refractivity contribution in [2.75, 3.05) is 13.2 Å². The smallest absolute Gasteiger partial charge is 0.277 e. The van der Waals surface area contributed by atoms with E-state index >= 15 is 0 Å².